The highest BCUT2D eigenvalue weighted by atomic mass is 19.1. The van der Waals surface area contributed by atoms with E-state index in [0.717, 1.165) is 38.2 Å². The van der Waals surface area contributed by atoms with Crippen molar-refractivity contribution in [2.45, 2.75) is 52.0 Å². The lowest BCUT2D eigenvalue weighted by Gasteiger charge is -2.15. The van der Waals surface area contributed by atoms with Crippen molar-refractivity contribution in [3.63, 3.8) is 0 Å². The molecule has 1 aromatic rings. The zero-order valence-corrected chi connectivity index (χ0v) is 11.8. The van der Waals surface area contributed by atoms with Gasteiger partial charge in [-0.2, -0.15) is 4.39 Å². The molecule has 0 aliphatic carbocycles. The van der Waals surface area contributed by atoms with Crippen LogP contribution < -0.4 is 5.32 Å². The van der Waals surface area contributed by atoms with E-state index in [2.05, 4.69) is 12.2 Å². The van der Waals surface area contributed by atoms with Gasteiger partial charge in [0.15, 0.2) is 0 Å². The molecular weight excluding hydrogens is 266 g/mol. The summed E-state index contributed by atoms with van der Waals surface area (Å²) in [6, 6.07) is 1.41. The standard InChI is InChI=1S/C14H20F2N2O2/c1-3-4-5-6-7-10(2)17-13-9-11(15)8-12(16)14(13)18(19)20/h8-10,17H,3-7H2,1-2H3. The van der Waals surface area contributed by atoms with Crippen molar-refractivity contribution in [2.24, 2.45) is 0 Å². The predicted molar refractivity (Wildman–Crippen MR) is 74.9 cm³/mol. The molecule has 1 N–H and O–H groups in total. The first-order chi connectivity index (χ1) is 9.45. The van der Waals surface area contributed by atoms with Crippen LogP contribution in [0.2, 0.25) is 0 Å². The van der Waals surface area contributed by atoms with Gasteiger partial charge in [-0.1, -0.05) is 32.6 Å². The first-order valence-corrected chi connectivity index (χ1v) is 6.85. The molecule has 0 spiro atoms. The Morgan fingerprint density at radius 1 is 1.30 bits per heavy atom. The van der Waals surface area contributed by atoms with Gasteiger partial charge in [-0.25, -0.2) is 4.39 Å². The van der Waals surface area contributed by atoms with E-state index in [9.17, 15) is 18.9 Å². The lowest BCUT2D eigenvalue weighted by Crippen LogP contribution is -2.16. The highest BCUT2D eigenvalue weighted by Crippen LogP contribution is 2.29. The summed E-state index contributed by atoms with van der Waals surface area (Å²) >= 11 is 0. The van der Waals surface area contributed by atoms with E-state index in [4.69, 9.17) is 0 Å². The van der Waals surface area contributed by atoms with Crippen molar-refractivity contribution >= 4 is 11.4 Å². The SMILES string of the molecule is CCCCCCC(C)Nc1cc(F)cc(F)c1[N+](=O)[O-]. The third-order valence-corrected chi connectivity index (χ3v) is 3.10. The van der Waals surface area contributed by atoms with Gasteiger partial charge < -0.3 is 5.32 Å². The van der Waals surface area contributed by atoms with E-state index < -0.39 is 22.2 Å². The Bertz CT molecular complexity index is 467. The quantitative estimate of drug-likeness (QED) is 0.430. The van der Waals surface area contributed by atoms with Crippen molar-refractivity contribution in [3.8, 4) is 0 Å². The molecule has 0 saturated carbocycles. The zero-order valence-electron chi connectivity index (χ0n) is 11.8. The second-order valence-corrected chi connectivity index (χ2v) is 4.94. The first kappa shape index (κ1) is 16.3. The third kappa shape index (κ3) is 4.75. The molecular formula is C14H20F2N2O2. The highest BCUT2D eigenvalue weighted by molar-refractivity contribution is 5.62. The second-order valence-electron chi connectivity index (χ2n) is 4.94. The molecule has 112 valence electrons. The fourth-order valence-electron chi connectivity index (χ4n) is 2.08. The Kier molecular flexibility index (Phi) is 6.35. The monoisotopic (exact) mass is 286 g/mol. The van der Waals surface area contributed by atoms with E-state index >= 15 is 0 Å². The molecule has 0 aliphatic heterocycles. The number of anilines is 1. The molecule has 0 amide bonds. The van der Waals surface area contributed by atoms with E-state index in [1.807, 2.05) is 6.92 Å². The van der Waals surface area contributed by atoms with Gasteiger partial charge in [0.1, 0.15) is 11.5 Å². The molecule has 0 bridgehead atoms. The van der Waals surface area contributed by atoms with E-state index in [0.29, 0.717) is 6.07 Å². The largest absolute Gasteiger partial charge is 0.377 e. The molecule has 0 radical (unpaired) electrons. The van der Waals surface area contributed by atoms with E-state index in [1.165, 1.54) is 0 Å². The molecule has 1 unspecified atom stereocenters. The zero-order chi connectivity index (χ0) is 15.1. The maximum Gasteiger partial charge on any atom is 0.327 e. The molecule has 1 rings (SSSR count). The van der Waals surface area contributed by atoms with Crippen LogP contribution in [0, 0.1) is 21.7 Å². The number of nitrogens with zero attached hydrogens (tertiary/aromatic N) is 1. The van der Waals surface area contributed by atoms with Crippen LogP contribution in [0.4, 0.5) is 20.2 Å². The van der Waals surface area contributed by atoms with Crippen LogP contribution >= 0.6 is 0 Å². The average molecular weight is 286 g/mol. The maximum atomic E-state index is 13.4. The summed E-state index contributed by atoms with van der Waals surface area (Å²) in [6.45, 7) is 3.96. The maximum absolute atomic E-state index is 13.4. The average Bonchev–Trinajstić information content (AvgIpc) is 2.33. The van der Waals surface area contributed by atoms with Crippen LogP contribution in [-0.4, -0.2) is 11.0 Å². The number of unbranched alkanes of at least 4 members (excludes halogenated alkanes) is 3. The van der Waals surface area contributed by atoms with Gasteiger partial charge in [-0.05, 0) is 13.3 Å². The Labute approximate surface area is 117 Å². The minimum absolute atomic E-state index is 0.0771. The van der Waals surface area contributed by atoms with Crippen molar-refractivity contribution in [3.05, 3.63) is 33.9 Å². The van der Waals surface area contributed by atoms with Crippen molar-refractivity contribution in [2.75, 3.05) is 5.32 Å². The lowest BCUT2D eigenvalue weighted by atomic mass is 10.1. The minimum Gasteiger partial charge on any atom is -0.377 e. The molecule has 1 aromatic carbocycles. The number of benzene rings is 1. The van der Waals surface area contributed by atoms with Crippen LogP contribution in [0.1, 0.15) is 46.0 Å². The second kappa shape index (κ2) is 7.77. The van der Waals surface area contributed by atoms with Gasteiger partial charge in [-0.15, -0.1) is 0 Å². The number of nitro groups is 1. The smallest absolute Gasteiger partial charge is 0.327 e. The molecule has 1 atom stereocenters. The molecule has 4 nitrogen and oxygen atoms in total. The molecule has 0 aliphatic rings. The van der Waals surface area contributed by atoms with Crippen LogP contribution in [0.5, 0.6) is 0 Å². The van der Waals surface area contributed by atoms with Crippen LogP contribution in [0.3, 0.4) is 0 Å². The van der Waals surface area contributed by atoms with Crippen molar-refractivity contribution in [1.82, 2.24) is 0 Å². The number of nitrogens with one attached hydrogen (secondary N) is 1. The fraction of sp³-hybridized carbons (Fsp3) is 0.571. The summed E-state index contributed by atoms with van der Waals surface area (Å²) in [4.78, 5) is 10.0. The van der Waals surface area contributed by atoms with Crippen LogP contribution in [0.25, 0.3) is 0 Å². The Hall–Kier alpha value is -1.72. The summed E-state index contributed by atoms with van der Waals surface area (Å²) < 4.78 is 26.6. The number of nitro benzene ring substituents is 1. The van der Waals surface area contributed by atoms with Crippen molar-refractivity contribution < 1.29 is 13.7 Å². The normalized spacial score (nSPS) is 12.2. The highest BCUT2D eigenvalue weighted by Gasteiger charge is 2.22. The van der Waals surface area contributed by atoms with Gasteiger partial charge in [0, 0.05) is 18.2 Å². The third-order valence-electron chi connectivity index (χ3n) is 3.10. The van der Waals surface area contributed by atoms with E-state index in [-0.39, 0.29) is 11.7 Å². The van der Waals surface area contributed by atoms with Crippen LogP contribution in [0.15, 0.2) is 12.1 Å². The summed E-state index contributed by atoms with van der Waals surface area (Å²) in [7, 11) is 0. The first-order valence-electron chi connectivity index (χ1n) is 6.85. The minimum atomic E-state index is -1.16. The number of hydrogen-bond donors (Lipinski definition) is 1. The van der Waals surface area contributed by atoms with Gasteiger partial charge in [-0.3, -0.25) is 10.1 Å². The number of hydrogen-bond acceptors (Lipinski definition) is 3. The van der Waals surface area contributed by atoms with Crippen molar-refractivity contribution in [1.29, 1.82) is 0 Å². The fourth-order valence-corrected chi connectivity index (χ4v) is 2.08. The topological polar surface area (TPSA) is 55.2 Å². The Morgan fingerprint density at radius 3 is 2.60 bits per heavy atom. The van der Waals surface area contributed by atoms with E-state index in [1.54, 1.807) is 0 Å². The summed E-state index contributed by atoms with van der Waals surface area (Å²) in [5.74, 6) is -1.98. The number of rotatable bonds is 8. The molecule has 0 aromatic heterocycles. The summed E-state index contributed by atoms with van der Waals surface area (Å²) in [6.07, 6.45) is 5.13. The molecule has 6 heteroatoms. The molecule has 0 saturated heterocycles. The Balaban J connectivity index is 2.73. The van der Waals surface area contributed by atoms with Gasteiger partial charge in [0.05, 0.1) is 4.92 Å². The number of halogens is 2. The van der Waals surface area contributed by atoms with Gasteiger partial charge >= 0.3 is 5.69 Å². The molecule has 0 heterocycles. The molecule has 20 heavy (non-hydrogen) atoms. The van der Waals surface area contributed by atoms with Crippen LogP contribution in [-0.2, 0) is 0 Å². The molecule has 0 fully saturated rings. The predicted octanol–water partition coefficient (Wildman–Crippen LogP) is 4.64. The van der Waals surface area contributed by atoms with Gasteiger partial charge in [0.2, 0.25) is 5.82 Å². The summed E-state index contributed by atoms with van der Waals surface area (Å²) in [5.41, 5.74) is -0.803. The summed E-state index contributed by atoms with van der Waals surface area (Å²) in [5, 5.41) is 13.7. The lowest BCUT2D eigenvalue weighted by molar-refractivity contribution is -0.386. The Morgan fingerprint density at radius 2 is 2.00 bits per heavy atom. The van der Waals surface area contributed by atoms with Gasteiger partial charge in [0.25, 0.3) is 0 Å².